The molecule has 2 atom stereocenters. The maximum absolute atomic E-state index is 13.6. The Hall–Kier alpha value is -1.46. The number of hydrogen-bond acceptors (Lipinski definition) is 2. The number of likely N-dealkylation sites (tertiary alicyclic amines) is 1. The number of rotatable bonds is 2. The third kappa shape index (κ3) is 3.15. The van der Waals surface area contributed by atoms with E-state index in [4.69, 9.17) is 0 Å². The molecular weight excluding hydrogens is 288 g/mol. The molecule has 0 bridgehead atoms. The average molecular weight is 311 g/mol. The molecule has 1 aliphatic carbocycles. The smallest absolute Gasteiger partial charge is 0.248 e. The van der Waals surface area contributed by atoms with Crippen molar-refractivity contribution in [3.05, 3.63) is 18.2 Å². The largest absolute Gasteiger partial charge is 0.342 e. The lowest BCUT2D eigenvalue weighted by Crippen LogP contribution is -2.45. The molecule has 6 heteroatoms. The highest BCUT2D eigenvalue weighted by atomic mass is 19.3. The maximum atomic E-state index is 13.6. The van der Waals surface area contributed by atoms with Gasteiger partial charge in [0.1, 0.15) is 5.82 Å². The minimum absolute atomic E-state index is 0.0767. The highest BCUT2D eigenvalue weighted by Gasteiger charge is 2.41. The molecule has 2 fully saturated rings. The summed E-state index contributed by atoms with van der Waals surface area (Å²) in [5.41, 5.74) is 0. The lowest BCUT2D eigenvalue weighted by molar-refractivity contribution is -0.143. The standard InChI is InChI=1S/C16H23F2N3O/c1-20-9-7-19-14(20)13-5-3-8-21(11-13)15(22)12-4-2-6-16(17,18)10-12/h7,9,12-13H,2-6,8,10-11H2,1H3/t12-,13-/m0/s1. The van der Waals surface area contributed by atoms with E-state index in [2.05, 4.69) is 4.98 Å². The third-order valence-corrected chi connectivity index (χ3v) is 4.95. The van der Waals surface area contributed by atoms with Crippen molar-refractivity contribution < 1.29 is 13.6 Å². The lowest BCUT2D eigenvalue weighted by atomic mass is 9.84. The van der Waals surface area contributed by atoms with Gasteiger partial charge in [0, 0.05) is 57.2 Å². The molecule has 1 aliphatic heterocycles. The van der Waals surface area contributed by atoms with Gasteiger partial charge in [0.2, 0.25) is 11.8 Å². The summed E-state index contributed by atoms with van der Waals surface area (Å²) in [7, 11) is 1.95. The van der Waals surface area contributed by atoms with Gasteiger partial charge in [-0.15, -0.1) is 0 Å². The number of aryl methyl sites for hydroxylation is 1. The van der Waals surface area contributed by atoms with Gasteiger partial charge < -0.3 is 9.47 Å². The SMILES string of the molecule is Cn1ccnc1[C@H]1CCCN(C(=O)[C@H]2CCCC(F)(F)C2)C1. The average Bonchev–Trinajstić information content (AvgIpc) is 2.92. The molecule has 3 rings (SSSR count). The molecule has 2 aliphatic rings. The molecule has 122 valence electrons. The summed E-state index contributed by atoms with van der Waals surface area (Å²) in [6, 6.07) is 0. The number of piperidine rings is 1. The van der Waals surface area contributed by atoms with E-state index < -0.39 is 11.8 Å². The Labute approximate surface area is 129 Å². The van der Waals surface area contributed by atoms with Crippen LogP contribution in [0.2, 0.25) is 0 Å². The highest BCUT2D eigenvalue weighted by Crippen LogP contribution is 2.38. The van der Waals surface area contributed by atoms with E-state index in [0.717, 1.165) is 18.7 Å². The van der Waals surface area contributed by atoms with Gasteiger partial charge in [-0.1, -0.05) is 0 Å². The number of nitrogens with zero attached hydrogens (tertiary/aromatic N) is 3. The lowest BCUT2D eigenvalue weighted by Gasteiger charge is -2.37. The van der Waals surface area contributed by atoms with Crippen molar-refractivity contribution in [1.29, 1.82) is 0 Å². The van der Waals surface area contributed by atoms with Crippen molar-refractivity contribution in [3.8, 4) is 0 Å². The molecule has 0 N–H and O–H groups in total. The van der Waals surface area contributed by atoms with Crippen molar-refractivity contribution >= 4 is 5.91 Å². The number of aromatic nitrogens is 2. The van der Waals surface area contributed by atoms with E-state index in [0.29, 0.717) is 25.9 Å². The van der Waals surface area contributed by atoms with Crippen LogP contribution in [0.25, 0.3) is 0 Å². The predicted octanol–water partition coefficient (Wildman–Crippen LogP) is 2.95. The van der Waals surface area contributed by atoms with E-state index in [1.54, 1.807) is 11.1 Å². The molecule has 0 spiro atoms. The first-order chi connectivity index (χ1) is 10.5. The van der Waals surface area contributed by atoms with Crippen LogP contribution in [0.5, 0.6) is 0 Å². The molecule has 0 aromatic carbocycles. The quantitative estimate of drug-likeness (QED) is 0.842. The molecule has 1 amide bonds. The fourth-order valence-electron chi connectivity index (χ4n) is 3.80. The number of hydrogen-bond donors (Lipinski definition) is 0. The van der Waals surface area contributed by atoms with E-state index in [1.165, 1.54) is 0 Å². The summed E-state index contributed by atoms with van der Waals surface area (Å²) < 4.78 is 29.1. The maximum Gasteiger partial charge on any atom is 0.248 e. The first kappa shape index (κ1) is 15.4. The minimum Gasteiger partial charge on any atom is -0.342 e. The molecule has 1 saturated heterocycles. The second-order valence-electron chi connectivity index (χ2n) is 6.67. The molecule has 1 aromatic heterocycles. The first-order valence-electron chi connectivity index (χ1n) is 8.10. The van der Waals surface area contributed by atoms with Gasteiger partial charge in [0.25, 0.3) is 0 Å². The zero-order chi connectivity index (χ0) is 15.7. The van der Waals surface area contributed by atoms with Crippen molar-refractivity contribution in [3.63, 3.8) is 0 Å². The van der Waals surface area contributed by atoms with E-state index >= 15 is 0 Å². The Morgan fingerprint density at radius 2 is 2.18 bits per heavy atom. The number of halogens is 2. The topological polar surface area (TPSA) is 38.1 Å². The number of carbonyl (C=O) groups excluding carboxylic acids is 1. The van der Waals surface area contributed by atoms with Crippen LogP contribution in [0.3, 0.4) is 0 Å². The molecule has 22 heavy (non-hydrogen) atoms. The van der Waals surface area contributed by atoms with Crippen LogP contribution in [0.15, 0.2) is 12.4 Å². The van der Waals surface area contributed by atoms with E-state index in [9.17, 15) is 13.6 Å². The van der Waals surface area contributed by atoms with Crippen LogP contribution in [0, 0.1) is 5.92 Å². The first-order valence-corrected chi connectivity index (χ1v) is 8.10. The van der Waals surface area contributed by atoms with Crippen molar-refractivity contribution in [2.75, 3.05) is 13.1 Å². The monoisotopic (exact) mass is 311 g/mol. The zero-order valence-electron chi connectivity index (χ0n) is 13.0. The number of carbonyl (C=O) groups is 1. The van der Waals surface area contributed by atoms with Crippen LogP contribution >= 0.6 is 0 Å². The Balaban J connectivity index is 1.67. The normalized spacial score (nSPS) is 28.6. The molecular formula is C16H23F2N3O. The Morgan fingerprint density at radius 1 is 1.36 bits per heavy atom. The van der Waals surface area contributed by atoms with Crippen LogP contribution in [-0.4, -0.2) is 39.4 Å². The van der Waals surface area contributed by atoms with E-state index in [1.807, 2.05) is 17.8 Å². The van der Waals surface area contributed by atoms with Gasteiger partial charge in [0.15, 0.2) is 0 Å². The van der Waals surface area contributed by atoms with Crippen molar-refractivity contribution in [1.82, 2.24) is 14.5 Å². The van der Waals surface area contributed by atoms with Gasteiger partial charge in [-0.3, -0.25) is 4.79 Å². The number of alkyl halides is 2. The van der Waals surface area contributed by atoms with Gasteiger partial charge in [-0.25, -0.2) is 13.8 Å². The van der Waals surface area contributed by atoms with E-state index in [-0.39, 0.29) is 24.7 Å². The third-order valence-electron chi connectivity index (χ3n) is 4.95. The second kappa shape index (κ2) is 5.97. The van der Waals surface area contributed by atoms with Gasteiger partial charge in [-0.2, -0.15) is 0 Å². The van der Waals surface area contributed by atoms with Crippen molar-refractivity contribution in [2.24, 2.45) is 13.0 Å². The number of amides is 1. The fourth-order valence-corrected chi connectivity index (χ4v) is 3.80. The summed E-state index contributed by atoms with van der Waals surface area (Å²) in [5.74, 6) is -2.08. The second-order valence-corrected chi connectivity index (χ2v) is 6.67. The molecule has 1 saturated carbocycles. The molecule has 0 radical (unpaired) electrons. The summed E-state index contributed by atoms with van der Waals surface area (Å²) in [4.78, 5) is 18.8. The Morgan fingerprint density at radius 3 is 2.86 bits per heavy atom. The molecule has 4 nitrogen and oxygen atoms in total. The highest BCUT2D eigenvalue weighted by molar-refractivity contribution is 5.79. The Kier molecular flexibility index (Phi) is 4.19. The Bertz CT molecular complexity index is 543. The molecule has 1 aromatic rings. The number of imidazole rings is 1. The summed E-state index contributed by atoms with van der Waals surface area (Å²) >= 11 is 0. The van der Waals surface area contributed by atoms with Gasteiger partial charge in [0.05, 0.1) is 0 Å². The van der Waals surface area contributed by atoms with Crippen molar-refractivity contribution in [2.45, 2.75) is 50.4 Å². The zero-order valence-corrected chi connectivity index (χ0v) is 13.0. The van der Waals surface area contributed by atoms with Gasteiger partial charge >= 0.3 is 0 Å². The summed E-state index contributed by atoms with van der Waals surface area (Å²) in [6.45, 7) is 1.29. The summed E-state index contributed by atoms with van der Waals surface area (Å²) in [6.07, 6.45) is 6.25. The van der Waals surface area contributed by atoms with Gasteiger partial charge in [-0.05, 0) is 25.7 Å². The van der Waals surface area contributed by atoms with Crippen LogP contribution in [0.4, 0.5) is 8.78 Å². The van der Waals surface area contributed by atoms with Crippen LogP contribution in [-0.2, 0) is 11.8 Å². The fraction of sp³-hybridized carbons (Fsp3) is 0.750. The minimum atomic E-state index is -2.67. The molecule has 0 unspecified atom stereocenters. The predicted molar refractivity (Wildman–Crippen MR) is 78.7 cm³/mol. The summed E-state index contributed by atoms with van der Waals surface area (Å²) in [5, 5.41) is 0. The van der Waals surface area contributed by atoms with Crippen LogP contribution < -0.4 is 0 Å². The van der Waals surface area contributed by atoms with Crippen LogP contribution in [0.1, 0.15) is 50.3 Å². The molecule has 2 heterocycles.